The monoisotopic (exact) mass is 340 g/mol. The number of benzene rings is 1. The summed E-state index contributed by atoms with van der Waals surface area (Å²) < 4.78 is 5.12. The maximum atomic E-state index is 11.6. The van der Waals surface area contributed by atoms with E-state index >= 15 is 0 Å². The Kier molecular flexibility index (Phi) is 5.60. The second-order valence-electron chi connectivity index (χ2n) is 6.37. The molecule has 1 aromatic rings. The van der Waals surface area contributed by atoms with Crippen LogP contribution in [0.25, 0.3) is 0 Å². The van der Waals surface area contributed by atoms with Crippen molar-refractivity contribution < 1.29 is 19.1 Å². The summed E-state index contributed by atoms with van der Waals surface area (Å²) in [7, 11) is 0. The molecule has 1 aliphatic heterocycles. The van der Waals surface area contributed by atoms with Crippen molar-refractivity contribution in [2.75, 3.05) is 11.4 Å². The third-order valence-corrected chi connectivity index (χ3v) is 3.09. The average Bonchev–Trinajstić information content (AvgIpc) is 2.85. The lowest BCUT2D eigenvalue weighted by atomic mass is 10.2. The van der Waals surface area contributed by atoms with Gasteiger partial charge in [-0.3, -0.25) is 9.59 Å². The Hall–Kier alpha value is -3.07. The van der Waals surface area contributed by atoms with E-state index in [1.54, 1.807) is 45.0 Å². The van der Waals surface area contributed by atoms with E-state index in [1.165, 1.54) is 12.2 Å². The lowest BCUT2D eigenvalue weighted by Gasteiger charge is -2.19. The van der Waals surface area contributed by atoms with E-state index in [0.29, 0.717) is 18.7 Å². The lowest BCUT2D eigenvalue weighted by molar-refractivity contribution is -0.119. The maximum Gasteiger partial charge on any atom is 0.407 e. The summed E-state index contributed by atoms with van der Waals surface area (Å²) in [6.07, 6.45) is 2.50. The molecule has 0 bridgehead atoms. The van der Waals surface area contributed by atoms with Crippen molar-refractivity contribution in [3.63, 3.8) is 0 Å². The van der Waals surface area contributed by atoms with Gasteiger partial charge in [-0.2, -0.15) is 0 Å². The molecule has 3 amide bonds. The first-order chi connectivity index (χ1) is 11.8. The smallest absolute Gasteiger partial charge is 0.407 e. The third-order valence-electron chi connectivity index (χ3n) is 3.09. The molecule has 6 nitrogen and oxygen atoms in total. The van der Waals surface area contributed by atoms with Crippen molar-refractivity contribution in [1.29, 1.82) is 0 Å². The van der Waals surface area contributed by atoms with Gasteiger partial charge in [0, 0.05) is 30.7 Å². The summed E-state index contributed by atoms with van der Waals surface area (Å²) in [4.78, 5) is 35.8. The highest BCUT2D eigenvalue weighted by molar-refractivity contribution is 6.28. The first-order valence-corrected chi connectivity index (χ1v) is 7.88. The number of imide groups is 1. The van der Waals surface area contributed by atoms with Gasteiger partial charge in [0.25, 0.3) is 11.8 Å². The van der Waals surface area contributed by atoms with Crippen molar-refractivity contribution in [3.05, 3.63) is 42.0 Å². The molecule has 1 heterocycles. The first-order valence-electron chi connectivity index (χ1n) is 7.88. The van der Waals surface area contributed by atoms with Gasteiger partial charge >= 0.3 is 6.09 Å². The van der Waals surface area contributed by atoms with Crippen molar-refractivity contribution in [2.45, 2.75) is 32.8 Å². The Morgan fingerprint density at radius 1 is 1.12 bits per heavy atom. The Bertz CT molecular complexity index is 743. The first kappa shape index (κ1) is 18.3. The van der Waals surface area contributed by atoms with E-state index in [0.717, 1.165) is 10.5 Å². The van der Waals surface area contributed by atoms with Gasteiger partial charge < -0.3 is 10.1 Å². The molecular formula is C19H20N2O4. The van der Waals surface area contributed by atoms with E-state index in [1.807, 2.05) is 0 Å². The van der Waals surface area contributed by atoms with Crippen LogP contribution >= 0.6 is 0 Å². The quantitative estimate of drug-likeness (QED) is 0.521. The van der Waals surface area contributed by atoms with Crippen molar-refractivity contribution in [2.24, 2.45) is 0 Å². The zero-order valence-corrected chi connectivity index (χ0v) is 14.5. The number of anilines is 1. The van der Waals surface area contributed by atoms with E-state index in [4.69, 9.17) is 4.74 Å². The second kappa shape index (κ2) is 7.67. The number of carbonyl (C=O) groups excluding carboxylic acids is 3. The normalized spacial score (nSPS) is 13.5. The summed E-state index contributed by atoms with van der Waals surface area (Å²) >= 11 is 0. The SMILES string of the molecule is CC(C)(C)OC(=O)NCCC#Cc1ccc(N2C(=O)C=CC2=O)cc1. The van der Waals surface area contributed by atoms with Crippen LogP contribution in [-0.2, 0) is 14.3 Å². The van der Waals surface area contributed by atoms with Crippen LogP contribution in [0, 0.1) is 11.8 Å². The predicted molar refractivity (Wildman–Crippen MR) is 93.8 cm³/mol. The van der Waals surface area contributed by atoms with E-state index < -0.39 is 11.7 Å². The Labute approximate surface area is 146 Å². The molecule has 0 saturated carbocycles. The second-order valence-corrected chi connectivity index (χ2v) is 6.37. The van der Waals surface area contributed by atoms with Crippen molar-refractivity contribution in [3.8, 4) is 11.8 Å². The number of amides is 3. The van der Waals surface area contributed by atoms with Gasteiger partial charge in [-0.25, -0.2) is 9.69 Å². The third kappa shape index (κ3) is 5.50. The van der Waals surface area contributed by atoms with Gasteiger partial charge in [0.05, 0.1) is 5.69 Å². The molecule has 0 fully saturated rings. The molecule has 6 heteroatoms. The van der Waals surface area contributed by atoms with Crippen LogP contribution in [0.4, 0.5) is 10.5 Å². The molecular weight excluding hydrogens is 320 g/mol. The van der Waals surface area contributed by atoms with Crippen LogP contribution in [0.2, 0.25) is 0 Å². The van der Waals surface area contributed by atoms with Gasteiger partial charge in [-0.05, 0) is 45.0 Å². The summed E-state index contributed by atoms with van der Waals surface area (Å²) in [6.45, 7) is 5.79. The number of nitrogens with one attached hydrogen (secondary N) is 1. The van der Waals surface area contributed by atoms with Gasteiger partial charge in [0.2, 0.25) is 0 Å². The molecule has 0 aliphatic carbocycles. The number of nitrogens with zero attached hydrogens (tertiary/aromatic N) is 1. The average molecular weight is 340 g/mol. The highest BCUT2D eigenvalue weighted by atomic mass is 16.6. The van der Waals surface area contributed by atoms with E-state index in [9.17, 15) is 14.4 Å². The molecule has 25 heavy (non-hydrogen) atoms. The Morgan fingerprint density at radius 2 is 1.72 bits per heavy atom. The summed E-state index contributed by atoms with van der Waals surface area (Å²) in [5.41, 5.74) is 0.746. The molecule has 0 unspecified atom stereocenters. The largest absolute Gasteiger partial charge is 0.444 e. The van der Waals surface area contributed by atoms with Gasteiger partial charge in [-0.1, -0.05) is 11.8 Å². The maximum absolute atomic E-state index is 11.6. The zero-order valence-electron chi connectivity index (χ0n) is 14.5. The minimum atomic E-state index is -0.523. The van der Waals surface area contributed by atoms with Crippen LogP contribution in [0.5, 0.6) is 0 Å². The number of rotatable bonds is 3. The topological polar surface area (TPSA) is 75.7 Å². The summed E-state index contributed by atoms with van der Waals surface area (Å²) in [6, 6.07) is 6.82. The molecule has 1 N–H and O–H groups in total. The number of carbonyl (C=O) groups is 3. The number of hydrogen-bond acceptors (Lipinski definition) is 4. The molecule has 1 aliphatic rings. The molecule has 0 spiro atoms. The predicted octanol–water partition coefficient (Wildman–Crippen LogP) is 2.38. The van der Waals surface area contributed by atoms with Crippen molar-refractivity contribution >= 4 is 23.6 Å². The minimum Gasteiger partial charge on any atom is -0.444 e. The highest BCUT2D eigenvalue weighted by Crippen LogP contribution is 2.19. The van der Waals surface area contributed by atoms with E-state index in [2.05, 4.69) is 17.2 Å². The van der Waals surface area contributed by atoms with Crippen LogP contribution in [0.1, 0.15) is 32.8 Å². The van der Waals surface area contributed by atoms with Crippen LogP contribution in [0.3, 0.4) is 0 Å². The minimum absolute atomic E-state index is 0.350. The lowest BCUT2D eigenvalue weighted by Crippen LogP contribution is -2.32. The number of ether oxygens (including phenoxy) is 1. The van der Waals surface area contributed by atoms with Crippen LogP contribution in [-0.4, -0.2) is 30.1 Å². The van der Waals surface area contributed by atoms with Crippen molar-refractivity contribution in [1.82, 2.24) is 5.32 Å². The fraction of sp³-hybridized carbons (Fsp3) is 0.316. The van der Waals surface area contributed by atoms with Crippen LogP contribution in [0.15, 0.2) is 36.4 Å². The Balaban J connectivity index is 1.82. The number of hydrogen-bond donors (Lipinski definition) is 1. The molecule has 0 aromatic heterocycles. The fourth-order valence-electron chi connectivity index (χ4n) is 2.05. The van der Waals surface area contributed by atoms with Gasteiger partial charge in [-0.15, -0.1) is 0 Å². The molecule has 130 valence electrons. The fourth-order valence-corrected chi connectivity index (χ4v) is 2.05. The molecule has 2 rings (SSSR count). The molecule has 0 radical (unpaired) electrons. The molecule has 0 saturated heterocycles. The Morgan fingerprint density at radius 3 is 2.28 bits per heavy atom. The summed E-state index contributed by atoms with van der Waals surface area (Å²) in [5, 5.41) is 2.63. The van der Waals surface area contributed by atoms with Gasteiger partial charge in [0.15, 0.2) is 0 Å². The van der Waals surface area contributed by atoms with Gasteiger partial charge in [0.1, 0.15) is 5.60 Å². The zero-order chi connectivity index (χ0) is 18.4. The summed E-state index contributed by atoms with van der Waals surface area (Å²) in [5.74, 6) is 5.21. The van der Waals surface area contributed by atoms with E-state index in [-0.39, 0.29) is 11.8 Å². The standard InChI is InChI=1S/C19H20N2O4/c1-19(2,3)25-18(24)20-13-5-4-6-14-7-9-15(10-8-14)21-16(22)11-12-17(21)23/h7-12H,5,13H2,1-3H3,(H,20,24). The van der Waals surface area contributed by atoms with Crippen LogP contribution < -0.4 is 10.2 Å². The molecule has 1 aromatic carbocycles. The molecule has 0 atom stereocenters. The highest BCUT2D eigenvalue weighted by Gasteiger charge is 2.24. The number of alkyl carbamates (subject to hydrolysis) is 1.